The molecule has 1 N–H and O–H groups in total. The van der Waals surface area contributed by atoms with Gasteiger partial charge in [0.15, 0.2) is 5.11 Å². The Labute approximate surface area is 115 Å². The number of nitrogens with zero attached hydrogens (tertiary/aromatic N) is 1. The molecular weight excluding hydrogens is 240 g/mol. The molecule has 0 amide bonds. The van der Waals surface area contributed by atoms with Gasteiger partial charge in [-0.05, 0) is 55.1 Å². The number of aryl methyl sites for hydroxylation is 1. The molecule has 18 heavy (non-hydrogen) atoms. The lowest BCUT2D eigenvalue weighted by Crippen LogP contribution is -2.44. The molecule has 1 heterocycles. The number of rotatable bonds is 1. The fourth-order valence-electron chi connectivity index (χ4n) is 2.75. The molecule has 0 spiro atoms. The summed E-state index contributed by atoms with van der Waals surface area (Å²) in [6.45, 7) is 8.85. The molecule has 0 aromatic heterocycles. The monoisotopic (exact) mass is 262 g/mol. The molecule has 1 aliphatic rings. The van der Waals surface area contributed by atoms with Gasteiger partial charge in [-0.1, -0.05) is 26.0 Å². The van der Waals surface area contributed by atoms with Crippen LogP contribution in [0.4, 0.5) is 5.69 Å². The van der Waals surface area contributed by atoms with Gasteiger partial charge in [0.25, 0.3) is 0 Å². The van der Waals surface area contributed by atoms with E-state index in [-0.39, 0.29) is 0 Å². The van der Waals surface area contributed by atoms with Crippen LogP contribution in [0.15, 0.2) is 24.3 Å². The van der Waals surface area contributed by atoms with Crippen molar-refractivity contribution >= 4 is 23.0 Å². The minimum absolute atomic E-state index is 0.728. The predicted octanol–water partition coefficient (Wildman–Crippen LogP) is 3.67. The van der Waals surface area contributed by atoms with Crippen LogP contribution in [0.1, 0.15) is 25.8 Å². The summed E-state index contributed by atoms with van der Waals surface area (Å²) >= 11 is 5.52. The zero-order chi connectivity index (χ0) is 13.1. The maximum Gasteiger partial charge on any atom is 0.173 e. The van der Waals surface area contributed by atoms with Crippen LogP contribution in [-0.2, 0) is 0 Å². The van der Waals surface area contributed by atoms with E-state index in [0.29, 0.717) is 0 Å². The topological polar surface area (TPSA) is 15.3 Å². The van der Waals surface area contributed by atoms with Crippen molar-refractivity contribution in [3.63, 3.8) is 0 Å². The number of piperidine rings is 1. The van der Waals surface area contributed by atoms with Gasteiger partial charge in [-0.15, -0.1) is 0 Å². The number of likely N-dealkylation sites (tertiary alicyclic amines) is 1. The van der Waals surface area contributed by atoms with E-state index >= 15 is 0 Å². The van der Waals surface area contributed by atoms with Gasteiger partial charge in [-0.3, -0.25) is 0 Å². The summed E-state index contributed by atoms with van der Waals surface area (Å²) in [5.74, 6) is 1.46. The Hall–Kier alpha value is -1.09. The highest BCUT2D eigenvalue weighted by molar-refractivity contribution is 7.80. The smallest absolute Gasteiger partial charge is 0.173 e. The standard InChI is InChI=1S/C15H22N2S/c1-11-5-4-6-14(8-11)16-15(18)17-9-12(2)7-13(3)10-17/h4-6,8,12-13H,7,9-10H2,1-3H3,(H,16,18)/t12-,13-/m0/s1. The second-order valence-electron chi connectivity index (χ2n) is 5.65. The number of benzene rings is 1. The first kappa shape index (κ1) is 13.3. The number of thiocarbonyl (C=S) groups is 1. The van der Waals surface area contributed by atoms with E-state index in [0.717, 1.165) is 35.7 Å². The third kappa shape index (κ3) is 3.45. The maximum absolute atomic E-state index is 5.52. The number of anilines is 1. The summed E-state index contributed by atoms with van der Waals surface area (Å²) in [6.07, 6.45) is 1.31. The van der Waals surface area contributed by atoms with E-state index in [1.54, 1.807) is 0 Å². The van der Waals surface area contributed by atoms with Crippen LogP contribution in [0.5, 0.6) is 0 Å². The Balaban J connectivity index is 1.99. The molecule has 1 fully saturated rings. The molecule has 1 aromatic rings. The molecule has 2 nitrogen and oxygen atoms in total. The molecule has 3 heteroatoms. The molecule has 0 radical (unpaired) electrons. The van der Waals surface area contributed by atoms with Crippen LogP contribution in [0.3, 0.4) is 0 Å². The van der Waals surface area contributed by atoms with Gasteiger partial charge >= 0.3 is 0 Å². The molecule has 0 saturated carbocycles. The van der Waals surface area contributed by atoms with E-state index in [2.05, 4.69) is 55.3 Å². The summed E-state index contributed by atoms with van der Waals surface area (Å²) in [5, 5.41) is 4.21. The van der Waals surface area contributed by atoms with Gasteiger partial charge in [0.2, 0.25) is 0 Å². The summed E-state index contributed by atoms with van der Waals surface area (Å²) in [4.78, 5) is 2.30. The number of hydrogen-bond donors (Lipinski definition) is 1. The number of hydrogen-bond acceptors (Lipinski definition) is 1. The van der Waals surface area contributed by atoms with Gasteiger partial charge in [0, 0.05) is 18.8 Å². The van der Waals surface area contributed by atoms with Gasteiger partial charge < -0.3 is 10.2 Å². The fourth-order valence-corrected chi connectivity index (χ4v) is 3.02. The lowest BCUT2D eigenvalue weighted by molar-refractivity contribution is 0.216. The third-order valence-electron chi connectivity index (χ3n) is 3.43. The first-order chi connectivity index (χ1) is 8.54. The van der Waals surface area contributed by atoms with Crippen molar-refractivity contribution in [1.82, 2.24) is 4.90 Å². The summed E-state index contributed by atoms with van der Waals surface area (Å²) in [5.41, 5.74) is 2.34. The van der Waals surface area contributed by atoms with Crippen molar-refractivity contribution in [2.75, 3.05) is 18.4 Å². The molecule has 1 aromatic carbocycles. The highest BCUT2D eigenvalue weighted by Gasteiger charge is 2.23. The summed E-state index contributed by atoms with van der Waals surface area (Å²) in [6, 6.07) is 8.35. The van der Waals surface area contributed by atoms with Crippen molar-refractivity contribution in [2.45, 2.75) is 27.2 Å². The predicted molar refractivity (Wildman–Crippen MR) is 81.9 cm³/mol. The SMILES string of the molecule is Cc1cccc(NC(=S)N2C[C@@H](C)C[C@H](C)C2)c1. The van der Waals surface area contributed by atoms with Crippen molar-refractivity contribution in [1.29, 1.82) is 0 Å². The summed E-state index contributed by atoms with van der Waals surface area (Å²) < 4.78 is 0. The largest absolute Gasteiger partial charge is 0.348 e. The Bertz CT molecular complexity index is 420. The van der Waals surface area contributed by atoms with Crippen LogP contribution >= 0.6 is 12.2 Å². The first-order valence-corrected chi connectivity index (χ1v) is 7.08. The zero-order valence-electron chi connectivity index (χ0n) is 11.4. The van der Waals surface area contributed by atoms with Crippen LogP contribution in [0, 0.1) is 18.8 Å². The van der Waals surface area contributed by atoms with E-state index in [1.165, 1.54) is 12.0 Å². The second kappa shape index (κ2) is 5.70. The lowest BCUT2D eigenvalue weighted by atomic mass is 9.92. The zero-order valence-corrected chi connectivity index (χ0v) is 12.3. The third-order valence-corrected chi connectivity index (χ3v) is 3.79. The highest BCUT2D eigenvalue weighted by Crippen LogP contribution is 2.22. The van der Waals surface area contributed by atoms with Crippen molar-refractivity contribution < 1.29 is 0 Å². The van der Waals surface area contributed by atoms with Gasteiger partial charge in [0.1, 0.15) is 0 Å². The normalized spacial score (nSPS) is 23.8. The van der Waals surface area contributed by atoms with Crippen molar-refractivity contribution in [3.8, 4) is 0 Å². The van der Waals surface area contributed by atoms with E-state index in [9.17, 15) is 0 Å². The van der Waals surface area contributed by atoms with Crippen molar-refractivity contribution in [3.05, 3.63) is 29.8 Å². The van der Waals surface area contributed by atoms with E-state index in [1.807, 2.05) is 0 Å². The Kier molecular flexibility index (Phi) is 4.23. The molecule has 0 unspecified atom stereocenters. The van der Waals surface area contributed by atoms with Gasteiger partial charge in [0.05, 0.1) is 0 Å². The molecule has 0 bridgehead atoms. The molecule has 0 aliphatic carbocycles. The van der Waals surface area contributed by atoms with Gasteiger partial charge in [-0.25, -0.2) is 0 Å². The van der Waals surface area contributed by atoms with E-state index in [4.69, 9.17) is 12.2 Å². The van der Waals surface area contributed by atoms with Crippen LogP contribution < -0.4 is 5.32 Å². The Morgan fingerprint density at radius 1 is 1.28 bits per heavy atom. The Morgan fingerprint density at radius 3 is 2.56 bits per heavy atom. The lowest BCUT2D eigenvalue weighted by Gasteiger charge is -2.36. The highest BCUT2D eigenvalue weighted by atomic mass is 32.1. The second-order valence-corrected chi connectivity index (χ2v) is 6.04. The van der Waals surface area contributed by atoms with Crippen LogP contribution in [0.2, 0.25) is 0 Å². The molecule has 98 valence electrons. The van der Waals surface area contributed by atoms with Crippen LogP contribution in [-0.4, -0.2) is 23.1 Å². The average Bonchev–Trinajstić information content (AvgIpc) is 2.27. The maximum atomic E-state index is 5.52. The minimum Gasteiger partial charge on any atom is -0.348 e. The molecule has 1 saturated heterocycles. The Morgan fingerprint density at radius 2 is 1.94 bits per heavy atom. The number of nitrogens with one attached hydrogen (secondary N) is 1. The van der Waals surface area contributed by atoms with Crippen molar-refractivity contribution in [2.24, 2.45) is 11.8 Å². The summed E-state index contributed by atoms with van der Waals surface area (Å²) in [7, 11) is 0. The fraction of sp³-hybridized carbons (Fsp3) is 0.533. The molecule has 2 rings (SSSR count). The molecule has 2 atom stereocenters. The van der Waals surface area contributed by atoms with Crippen LogP contribution in [0.25, 0.3) is 0 Å². The average molecular weight is 262 g/mol. The first-order valence-electron chi connectivity index (χ1n) is 6.67. The molecule has 1 aliphatic heterocycles. The van der Waals surface area contributed by atoms with E-state index < -0.39 is 0 Å². The minimum atomic E-state index is 0.728. The molecular formula is C15H22N2S. The van der Waals surface area contributed by atoms with Gasteiger partial charge in [-0.2, -0.15) is 0 Å². The quantitative estimate of drug-likeness (QED) is 0.777.